The van der Waals surface area contributed by atoms with Crippen LogP contribution in [0.15, 0.2) is 4.47 Å². The first-order valence-corrected chi connectivity index (χ1v) is 8.22. The van der Waals surface area contributed by atoms with Gasteiger partial charge >= 0.3 is 0 Å². The molecule has 0 spiro atoms. The Balaban J connectivity index is 2.06. The molecule has 0 aliphatic carbocycles. The highest BCUT2D eigenvalue weighted by Crippen LogP contribution is 2.20. The molecule has 1 rings (SSSR count). The molecule has 0 atom stereocenters. The molecule has 0 saturated heterocycles. The molecule has 1 N–H and O–H groups in total. The van der Waals surface area contributed by atoms with Gasteiger partial charge in [-0.3, -0.25) is 4.68 Å². The summed E-state index contributed by atoms with van der Waals surface area (Å²) in [7, 11) is 0. The van der Waals surface area contributed by atoms with Crippen LogP contribution in [-0.4, -0.2) is 22.9 Å². The van der Waals surface area contributed by atoms with Crippen LogP contribution in [0.1, 0.15) is 50.9 Å². The molecule has 0 bridgehead atoms. The first-order valence-electron chi connectivity index (χ1n) is 7.42. The molecule has 0 saturated carbocycles. The van der Waals surface area contributed by atoms with E-state index in [1.807, 2.05) is 6.92 Å². The Bertz CT molecular complexity index is 372. The Morgan fingerprint density at radius 1 is 1.16 bits per heavy atom. The number of rotatable bonds is 9. The average Bonchev–Trinajstić information content (AvgIpc) is 2.60. The summed E-state index contributed by atoms with van der Waals surface area (Å²) in [6.07, 6.45) is 5.11. The molecule has 4 heteroatoms. The maximum Gasteiger partial charge on any atom is 0.0738 e. The monoisotopic (exact) mass is 329 g/mol. The molecule has 19 heavy (non-hydrogen) atoms. The molecule has 1 aromatic heterocycles. The Morgan fingerprint density at radius 3 is 2.42 bits per heavy atom. The normalized spacial score (nSPS) is 11.5. The van der Waals surface area contributed by atoms with Crippen molar-refractivity contribution in [1.29, 1.82) is 0 Å². The second-order valence-electron chi connectivity index (χ2n) is 5.72. The van der Waals surface area contributed by atoms with Gasteiger partial charge in [0.25, 0.3) is 0 Å². The van der Waals surface area contributed by atoms with Gasteiger partial charge in [0.2, 0.25) is 0 Å². The SMILES string of the molecule is Cc1nn(CCCCCCNCC(C)C)c(C)c1Br. The van der Waals surface area contributed by atoms with E-state index in [1.165, 1.54) is 31.4 Å². The van der Waals surface area contributed by atoms with E-state index >= 15 is 0 Å². The van der Waals surface area contributed by atoms with Gasteiger partial charge in [-0.15, -0.1) is 0 Å². The number of aryl methyl sites for hydroxylation is 2. The fourth-order valence-electron chi connectivity index (χ4n) is 2.15. The third-order valence-corrected chi connectivity index (χ3v) is 4.47. The second kappa shape index (κ2) is 8.75. The van der Waals surface area contributed by atoms with Gasteiger partial charge in [-0.05, 0) is 61.6 Å². The quantitative estimate of drug-likeness (QED) is 0.692. The minimum atomic E-state index is 0.754. The van der Waals surface area contributed by atoms with Crippen LogP contribution in [0.5, 0.6) is 0 Å². The van der Waals surface area contributed by atoms with E-state index < -0.39 is 0 Å². The Morgan fingerprint density at radius 2 is 1.84 bits per heavy atom. The summed E-state index contributed by atoms with van der Waals surface area (Å²) >= 11 is 3.57. The van der Waals surface area contributed by atoms with Gasteiger partial charge in [0.15, 0.2) is 0 Å². The average molecular weight is 330 g/mol. The number of hydrogen-bond donors (Lipinski definition) is 1. The minimum absolute atomic E-state index is 0.754. The van der Waals surface area contributed by atoms with Crippen LogP contribution in [0.3, 0.4) is 0 Å². The van der Waals surface area contributed by atoms with Gasteiger partial charge in [-0.2, -0.15) is 5.10 Å². The van der Waals surface area contributed by atoms with Crippen LogP contribution in [0.4, 0.5) is 0 Å². The van der Waals surface area contributed by atoms with Gasteiger partial charge in [0.05, 0.1) is 10.2 Å². The van der Waals surface area contributed by atoms with Crippen LogP contribution in [0.2, 0.25) is 0 Å². The summed E-state index contributed by atoms with van der Waals surface area (Å²) in [5, 5.41) is 8.02. The Hall–Kier alpha value is -0.350. The van der Waals surface area contributed by atoms with Crippen LogP contribution in [0, 0.1) is 19.8 Å². The van der Waals surface area contributed by atoms with Crippen molar-refractivity contribution < 1.29 is 0 Å². The summed E-state index contributed by atoms with van der Waals surface area (Å²) in [4.78, 5) is 0. The second-order valence-corrected chi connectivity index (χ2v) is 6.51. The summed E-state index contributed by atoms with van der Waals surface area (Å²) in [5.41, 5.74) is 2.34. The van der Waals surface area contributed by atoms with Gasteiger partial charge < -0.3 is 5.32 Å². The van der Waals surface area contributed by atoms with E-state index in [1.54, 1.807) is 0 Å². The van der Waals surface area contributed by atoms with Crippen LogP contribution in [-0.2, 0) is 6.54 Å². The van der Waals surface area contributed by atoms with Gasteiger partial charge in [0.1, 0.15) is 0 Å². The van der Waals surface area contributed by atoms with E-state index in [9.17, 15) is 0 Å². The first kappa shape index (κ1) is 16.7. The molecule has 0 amide bonds. The van der Waals surface area contributed by atoms with Crippen molar-refractivity contribution in [3.8, 4) is 0 Å². The molecule has 1 aromatic rings. The zero-order valence-corrected chi connectivity index (χ0v) is 14.4. The fraction of sp³-hybridized carbons (Fsp3) is 0.800. The molecule has 0 unspecified atom stereocenters. The highest BCUT2D eigenvalue weighted by atomic mass is 79.9. The van der Waals surface area contributed by atoms with Crippen LogP contribution >= 0.6 is 15.9 Å². The van der Waals surface area contributed by atoms with Crippen molar-refractivity contribution in [2.45, 2.75) is 59.9 Å². The van der Waals surface area contributed by atoms with E-state index in [2.05, 4.69) is 51.8 Å². The maximum absolute atomic E-state index is 4.53. The van der Waals surface area contributed by atoms with E-state index in [4.69, 9.17) is 0 Å². The molecule has 0 aromatic carbocycles. The lowest BCUT2D eigenvalue weighted by Crippen LogP contribution is -2.20. The number of nitrogens with one attached hydrogen (secondary N) is 1. The largest absolute Gasteiger partial charge is 0.316 e. The zero-order chi connectivity index (χ0) is 14.3. The van der Waals surface area contributed by atoms with Crippen molar-refractivity contribution >= 4 is 15.9 Å². The van der Waals surface area contributed by atoms with Gasteiger partial charge in [0, 0.05) is 12.2 Å². The number of aromatic nitrogens is 2. The predicted molar refractivity (Wildman–Crippen MR) is 85.6 cm³/mol. The Labute approximate surface area is 126 Å². The smallest absolute Gasteiger partial charge is 0.0738 e. The molecule has 0 aliphatic rings. The summed E-state index contributed by atoms with van der Waals surface area (Å²) < 4.78 is 3.28. The topological polar surface area (TPSA) is 29.9 Å². The van der Waals surface area contributed by atoms with Crippen LogP contribution < -0.4 is 5.32 Å². The number of hydrogen-bond acceptors (Lipinski definition) is 2. The molecule has 3 nitrogen and oxygen atoms in total. The third-order valence-electron chi connectivity index (χ3n) is 3.32. The summed E-state index contributed by atoms with van der Waals surface area (Å²) in [6, 6.07) is 0. The zero-order valence-electron chi connectivity index (χ0n) is 12.8. The maximum atomic E-state index is 4.53. The molecule has 1 heterocycles. The lowest BCUT2D eigenvalue weighted by Gasteiger charge is -2.07. The van der Waals surface area contributed by atoms with Gasteiger partial charge in [-0.1, -0.05) is 26.7 Å². The highest BCUT2D eigenvalue weighted by molar-refractivity contribution is 9.10. The molecule has 110 valence electrons. The lowest BCUT2D eigenvalue weighted by molar-refractivity contribution is 0.501. The van der Waals surface area contributed by atoms with E-state index in [-0.39, 0.29) is 0 Å². The van der Waals surface area contributed by atoms with Crippen molar-refractivity contribution in [2.24, 2.45) is 5.92 Å². The molecular formula is C15H28BrN3. The van der Waals surface area contributed by atoms with E-state index in [0.717, 1.165) is 35.7 Å². The standard InChI is InChI=1S/C15H28BrN3/c1-12(2)11-17-9-7-5-6-8-10-19-14(4)15(16)13(3)18-19/h12,17H,5-11H2,1-4H3. The minimum Gasteiger partial charge on any atom is -0.316 e. The molecular weight excluding hydrogens is 302 g/mol. The van der Waals surface area contributed by atoms with Crippen molar-refractivity contribution in [1.82, 2.24) is 15.1 Å². The molecule has 0 fully saturated rings. The summed E-state index contributed by atoms with van der Waals surface area (Å²) in [6.45, 7) is 12.0. The van der Waals surface area contributed by atoms with Crippen molar-refractivity contribution in [3.63, 3.8) is 0 Å². The number of halogens is 1. The molecule has 0 radical (unpaired) electrons. The number of unbranched alkanes of at least 4 members (excludes halogenated alkanes) is 3. The van der Waals surface area contributed by atoms with Crippen molar-refractivity contribution in [3.05, 3.63) is 15.9 Å². The first-order chi connectivity index (χ1) is 9.02. The highest BCUT2D eigenvalue weighted by Gasteiger charge is 2.07. The molecule has 0 aliphatic heterocycles. The fourth-order valence-corrected chi connectivity index (χ4v) is 2.43. The summed E-state index contributed by atoms with van der Waals surface area (Å²) in [5.74, 6) is 0.754. The number of nitrogens with zero attached hydrogens (tertiary/aromatic N) is 2. The van der Waals surface area contributed by atoms with E-state index in [0.29, 0.717) is 0 Å². The lowest BCUT2D eigenvalue weighted by atomic mass is 10.2. The Kier molecular flexibility index (Phi) is 7.69. The van der Waals surface area contributed by atoms with Gasteiger partial charge in [-0.25, -0.2) is 0 Å². The van der Waals surface area contributed by atoms with Crippen LogP contribution in [0.25, 0.3) is 0 Å². The predicted octanol–water partition coefficient (Wildman–Crippen LogP) is 4.07. The third kappa shape index (κ3) is 6.09. The van der Waals surface area contributed by atoms with Crippen molar-refractivity contribution in [2.75, 3.05) is 13.1 Å².